The van der Waals surface area contributed by atoms with Crippen molar-refractivity contribution >= 4 is 15.9 Å². The average molecular weight is 235 g/mol. The van der Waals surface area contributed by atoms with Crippen molar-refractivity contribution in [3.05, 3.63) is 58.6 Å². The van der Waals surface area contributed by atoms with Crippen LogP contribution in [0.25, 0.3) is 0 Å². The predicted molar refractivity (Wildman–Crippen MR) is 59.8 cm³/mol. The van der Waals surface area contributed by atoms with Gasteiger partial charge in [-0.15, -0.1) is 0 Å². The summed E-state index contributed by atoms with van der Waals surface area (Å²) in [5, 5.41) is 0. The normalized spacial score (nSPS) is 20.5. The van der Waals surface area contributed by atoms with E-state index in [9.17, 15) is 0 Å². The third kappa shape index (κ3) is 2.10. The average Bonchev–Trinajstić information content (AvgIpc) is 2.20. The van der Waals surface area contributed by atoms with E-state index in [2.05, 4.69) is 64.5 Å². The third-order valence-corrected chi connectivity index (χ3v) is 2.81. The van der Waals surface area contributed by atoms with Gasteiger partial charge in [0.05, 0.1) is 0 Å². The van der Waals surface area contributed by atoms with Crippen LogP contribution in [0.5, 0.6) is 0 Å². The molecule has 0 amide bonds. The van der Waals surface area contributed by atoms with Crippen LogP contribution >= 0.6 is 15.9 Å². The topological polar surface area (TPSA) is 0 Å². The van der Waals surface area contributed by atoms with E-state index >= 15 is 0 Å². The first kappa shape index (κ1) is 8.76. The van der Waals surface area contributed by atoms with Gasteiger partial charge in [0.25, 0.3) is 0 Å². The van der Waals surface area contributed by atoms with Gasteiger partial charge in [-0.1, -0.05) is 52.4 Å². The maximum absolute atomic E-state index is 3.44. The Morgan fingerprint density at radius 2 is 1.85 bits per heavy atom. The van der Waals surface area contributed by atoms with E-state index in [1.807, 2.05) is 0 Å². The first-order chi connectivity index (χ1) is 6.36. The molecule has 0 saturated heterocycles. The molecule has 66 valence electrons. The number of benzene rings is 1. The molecule has 13 heavy (non-hydrogen) atoms. The zero-order chi connectivity index (χ0) is 9.10. The van der Waals surface area contributed by atoms with E-state index in [1.165, 1.54) is 5.56 Å². The number of hydrogen-bond acceptors (Lipinski definition) is 0. The Morgan fingerprint density at radius 1 is 1.08 bits per heavy atom. The highest BCUT2D eigenvalue weighted by Crippen LogP contribution is 2.25. The van der Waals surface area contributed by atoms with Crippen LogP contribution in [0.2, 0.25) is 0 Å². The molecule has 1 aromatic rings. The molecular weight excluding hydrogens is 224 g/mol. The van der Waals surface area contributed by atoms with Gasteiger partial charge in [0, 0.05) is 10.4 Å². The molecule has 0 heterocycles. The van der Waals surface area contributed by atoms with Gasteiger partial charge in [-0.2, -0.15) is 0 Å². The molecule has 1 aromatic carbocycles. The minimum atomic E-state index is 0.568. The van der Waals surface area contributed by atoms with Crippen molar-refractivity contribution in [3.8, 4) is 0 Å². The number of halogens is 1. The van der Waals surface area contributed by atoms with Crippen molar-refractivity contribution in [2.45, 2.75) is 12.3 Å². The molecule has 1 aliphatic rings. The molecule has 0 radical (unpaired) electrons. The Labute approximate surface area is 87.1 Å². The van der Waals surface area contributed by atoms with E-state index in [0.717, 1.165) is 10.9 Å². The van der Waals surface area contributed by atoms with E-state index < -0.39 is 0 Å². The minimum Gasteiger partial charge on any atom is -0.0836 e. The second-order valence-corrected chi connectivity index (χ2v) is 4.12. The molecule has 0 spiro atoms. The summed E-state index contributed by atoms with van der Waals surface area (Å²) in [5.41, 5.74) is 1.39. The standard InChI is InChI=1S/C12H11Br/c13-12-8-6-11(7-9-12)10-4-2-1-3-5-10/h1-4,6-10H,5H2. The lowest BCUT2D eigenvalue weighted by Crippen LogP contribution is -1.95. The van der Waals surface area contributed by atoms with Crippen molar-refractivity contribution in [2.75, 3.05) is 0 Å². The number of allylic oxidation sites excluding steroid dienone is 4. The lowest BCUT2D eigenvalue weighted by Gasteiger charge is -2.12. The first-order valence-corrected chi connectivity index (χ1v) is 5.24. The van der Waals surface area contributed by atoms with Crippen LogP contribution in [-0.2, 0) is 0 Å². The fourth-order valence-corrected chi connectivity index (χ4v) is 1.80. The van der Waals surface area contributed by atoms with Gasteiger partial charge in [0.15, 0.2) is 0 Å². The third-order valence-electron chi connectivity index (χ3n) is 2.28. The van der Waals surface area contributed by atoms with E-state index in [0.29, 0.717) is 5.92 Å². The van der Waals surface area contributed by atoms with Crippen LogP contribution < -0.4 is 0 Å². The van der Waals surface area contributed by atoms with Crippen LogP contribution in [-0.4, -0.2) is 0 Å². The molecular formula is C12H11Br. The van der Waals surface area contributed by atoms with Gasteiger partial charge in [0.1, 0.15) is 0 Å². The maximum Gasteiger partial charge on any atom is 0.0175 e. The van der Waals surface area contributed by atoms with Gasteiger partial charge in [-0.3, -0.25) is 0 Å². The molecule has 1 aliphatic carbocycles. The molecule has 2 rings (SSSR count). The molecule has 1 atom stereocenters. The Hall–Kier alpha value is -0.820. The quantitative estimate of drug-likeness (QED) is 0.688. The predicted octanol–water partition coefficient (Wildman–Crippen LogP) is 4.05. The van der Waals surface area contributed by atoms with Crippen LogP contribution in [0.3, 0.4) is 0 Å². The van der Waals surface area contributed by atoms with Gasteiger partial charge in [-0.25, -0.2) is 0 Å². The molecule has 1 unspecified atom stereocenters. The van der Waals surface area contributed by atoms with Crippen LogP contribution in [0, 0.1) is 0 Å². The SMILES string of the molecule is Brc1ccc(C2C=CC=CC2)cc1. The highest BCUT2D eigenvalue weighted by Gasteiger charge is 2.06. The van der Waals surface area contributed by atoms with Crippen LogP contribution in [0.15, 0.2) is 53.0 Å². The van der Waals surface area contributed by atoms with Crippen LogP contribution in [0.4, 0.5) is 0 Å². The van der Waals surface area contributed by atoms with E-state index in [4.69, 9.17) is 0 Å². The summed E-state index contributed by atoms with van der Waals surface area (Å²) in [4.78, 5) is 0. The highest BCUT2D eigenvalue weighted by molar-refractivity contribution is 9.10. The summed E-state index contributed by atoms with van der Waals surface area (Å²) >= 11 is 3.44. The Bertz CT molecular complexity index is 333. The van der Waals surface area contributed by atoms with Gasteiger partial charge >= 0.3 is 0 Å². The van der Waals surface area contributed by atoms with Crippen molar-refractivity contribution < 1.29 is 0 Å². The van der Waals surface area contributed by atoms with Crippen molar-refractivity contribution in [3.63, 3.8) is 0 Å². The largest absolute Gasteiger partial charge is 0.0836 e. The number of rotatable bonds is 1. The molecule has 0 N–H and O–H groups in total. The van der Waals surface area contributed by atoms with Crippen molar-refractivity contribution in [2.24, 2.45) is 0 Å². The molecule has 0 bridgehead atoms. The Balaban J connectivity index is 2.21. The van der Waals surface area contributed by atoms with Crippen LogP contribution in [0.1, 0.15) is 17.9 Å². The smallest absolute Gasteiger partial charge is 0.0175 e. The molecule has 0 aliphatic heterocycles. The maximum atomic E-state index is 3.44. The molecule has 0 nitrogen and oxygen atoms in total. The molecule has 1 heteroatoms. The lowest BCUT2D eigenvalue weighted by molar-refractivity contribution is 0.853. The lowest BCUT2D eigenvalue weighted by atomic mass is 9.93. The summed E-state index contributed by atoms with van der Waals surface area (Å²) in [6.07, 6.45) is 9.82. The summed E-state index contributed by atoms with van der Waals surface area (Å²) in [5.74, 6) is 0.568. The van der Waals surface area contributed by atoms with E-state index in [1.54, 1.807) is 0 Å². The highest BCUT2D eigenvalue weighted by atomic mass is 79.9. The molecule has 0 saturated carbocycles. The summed E-state index contributed by atoms with van der Waals surface area (Å²) in [6.45, 7) is 0. The van der Waals surface area contributed by atoms with Crippen molar-refractivity contribution in [1.82, 2.24) is 0 Å². The molecule has 0 aromatic heterocycles. The van der Waals surface area contributed by atoms with Crippen molar-refractivity contribution in [1.29, 1.82) is 0 Å². The minimum absolute atomic E-state index is 0.568. The molecule has 0 fully saturated rings. The summed E-state index contributed by atoms with van der Waals surface area (Å²) in [7, 11) is 0. The zero-order valence-corrected chi connectivity index (χ0v) is 8.87. The van der Waals surface area contributed by atoms with Gasteiger partial charge in [0.2, 0.25) is 0 Å². The fraction of sp³-hybridized carbons (Fsp3) is 0.167. The zero-order valence-electron chi connectivity index (χ0n) is 7.28. The second kappa shape index (κ2) is 3.93. The first-order valence-electron chi connectivity index (χ1n) is 4.45. The number of hydrogen-bond donors (Lipinski definition) is 0. The van der Waals surface area contributed by atoms with Gasteiger partial charge < -0.3 is 0 Å². The monoisotopic (exact) mass is 234 g/mol. The van der Waals surface area contributed by atoms with E-state index in [-0.39, 0.29) is 0 Å². The Kier molecular flexibility index (Phi) is 2.65. The second-order valence-electron chi connectivity index (χ2n) is 3.21. The Morgan fingerprint density at radius 3 is 2.46 bits per heavy atom. The summed E-state index contributed by atoms with van der Waals surface area (Å²) in [6, 6.07) is 8.56. The van der Waals surface area contributed by atoms with Gasteiger partial charge in [-0.05, 0) is 24.1 Å². The summed E-state index contributed by atoms with van der Waals surface area (Å²) < 4.78 is 1.14. The fourth-order valence-electron chi connectivity index (χ4n) is 1.54.